The Kier molecular flexibility index (Phi) is 7.67. The smallest absolute Gasteiger partial charge is 0.251 e. The molecule has 2 aromatic heterocycles. The number of imidazole rings is 2. The molecule has 0 fully saturated rings. The molecule has 0 aliphatic rings. The predicted molar refractivity (Wildman–Crippen MR) is 147 cm³/mol. The highest BCUT2D eigenvalue weighted by Gasteiger charge is 2.22. The van der Waals surface area contributed by atoms with Gasteiger partial charge in [0.15, 0.2) is 0 Å². The number of aryl methyl sites for hydroxylation is 1. The number of benzene rings is 2. The molecule has 4 aromatic rings. The summed E-state index contributed by atoms with van der Waals surface area (Å²) in [5, 5.41) is 12.6. The number of ether oxygens (including phenoxy) is 1. The lowest BCUT2D eigenvalue weighted by Crippen LogP contribution is -2.30. The highest BCUT2D eigenvalue weighted by molar-refractivity contribution is 5.95. The number of H-pyrrole nitrogens is 1. The molecule has 1 atom stereocenters. The van der Waals surface area contributed by atoms with Crippen molar-refractivity contribution in [2.75, 3.05) is 0 Å². The number of carbonyl (C=O) groups is 1. The van der Waals surface area contributed by atoms with Crippen molar-refractivity contribution in [3.63, 3.8) is 0 Å². The number of rotatable bonds is 8. The van der Waals surface area contributed by atoms with Crippen molar-refractivity contribution in [2.24, 2.45) is 7.05 Å². The van der Waals surface area contributed by atoms with E-state index < -0.39 is 0 Å². The third kappa shape index (κ3) is 6.12. The Morgan fingerprint density at radius 3 is 2.50 bits per heavy atom. The zero-order valence-corrected chi connectivity index (χ0v) is 22.7. The van der Waals surface area contributed by atoms with Gasteiger partial charge in [0.05, 0.1) is 23.4 Å². The van der Waals surface area contributed by atoms with Crippen LogP contribution in [0.4, 0.5) is 0 Å². The fraction of sp³-hybridized carbons (Fsp3) is 0.333. The SMILES string of the molecule is CC(C)Oc1ccc(C(=O)N[C@@H](Cc2ccc(-c3cn(C)c(C(C)(C)C)n3)cc2)c2ncc[nH]2)cc1C#N. The van der Waals surface area contributed by atoms with Crippen LogP contribution in [0.15, 0.2) is 61.1 Å². The number of nitriles is 1. The largest absolute Gasteiger partial charge is 0.490 e. The van der Waals surface area contributed by atoms with Gasteiger partial charge in [0.25, 0.3) is 5.91 Å². The van der Waals surface area contributed by atoms with Gasteiger partial charge in [-0.05, 0) is 44.0 Å². The molecular formula is C30H34N6O2. The van der Waals surface area contributed by atoms with Crippen LogP contribution in [0.1, 0.15) is 73.8 Å². The Balaban J connectivity index is 1.53. The summed E-state index contributed by atoms with van der Waals surface area (Å²) < 4.78 is 7.76. The van der Waals surface area contributed by atoms with Crippen molar-refractivity contribution in [3.8, 4) is 23.1 Å². The topological polar surface area (TPSA) is 109 Å². The van der Waals surface area contributed by atoms with Crippen molar-refractivity contribution in [3.05, 3.63) is 89.4 Å². The molecule has 0 aliphatic heterocycles. The highest BCUT2D eigenvalue weighted by atomic mass is 16.5. The first-order chi connectivity index (χ1) is 18.0. The van der Waals surface area contributed by atoms with Crippen LogP contribution < -0.4 is 10.1 Å². The zero-order chi connectivity index (χ0) is 27.4. The maximum atomic E-state index is 13.2. The quantitative estimate of drug-likeness (QED) is 0.326. The van der Waals surface area contributed by atoms with E-state index in [0.717, 1.165) is 22.6 Å². The number of nitrogens with one attached hydrogen (secondary N) is 2. The monoisotopic (exact) mass is 510 g/mol. The van der Waals surface area contributed by atoms with E-state index in [1.54, 1.807) is 30.6 Å². The van der Waals surface area contributed by atoms with Crippen LogP contribution in [0.3, 0.4) is 0 Å². The van der Waals surface area contributed by atoms with Gasteiger partial charge < -0.3 is 19.6 Å². The van der Waals surface area contributed by atoms with Gasteiger partial charge in [-0.3, -0.25) is 4.79 Å². The van der Waals surface area contributed by atoms with Crippen molar-refractivity contribution < 1.29 is 9.53 Å². The minimum atomic E-state index is -0.386. The van der Waals surface area contributed by atoms with Crippen molar-refractivity contribution in [1.82, 2.24) is 24.8 Å². The summed E-state index contributed by atoms with van der Waals surface area (Å²) in [4.78, 5) is 25.5. The van der Waals surface area contributed by atoms with E-state index >= 15 is 0 Å². The van der Waals surface area contributed by atoms with E-state index in [9.17, 15) is 10.1 Å². The maximum absolute atomic E-state index is 13.2. The summed E-state index contributed by atoms with van der Waals surface area (Å²) in [7, 11) is 2.02. The van der Waals surface area contributed by atoms with Crippen molar-refractivity contribution in [2.45, 2.75) is 58.6 Å². The summed E-state index contributed by atoms with van der Waals surface area (Å²) in [6.07, 6.45) is 5.91. The molecule has 38 heavy (non-hydrogen) atoms. The molecule has 4 rings (SSSR count). The van der Waals surface area contributed by atoms with E-state index in [2.05, 4.69) is 77.2 Å². The van der Waals surface area contributed by atoms with Crippen molar-refractivity contribution in [1.29, 1.82) is 5.26 Å². The lowest BCUT2D eigenvalue weighted by Gasteiger charge is -2.18. The minimum Gasteiger partial charge on any atom is -0.490 e. The first kappa shape index (κ1) is 26.7. The van der Waals surface area contributed by atoms with Gasteiger partial charge in [-0.1, -0.05) is 45.0 Å². The van der Waals surface area contributed by atoms with Gasteiger partial charge >= 0.3 is 0 Å². The summed E-state index contributed by atoms with van der Waals surface area (Å²) in [6, 6.07) is 14.8. The lowest BCUT2D eigenvalue weighted by atomic mass is 9.96. The molecule has 8 nitrogen and oxygen atoms in total. The fourth-order valence-electron chi connectivity index (χ4n) is 4.39. The molecule has 0 aliphatic carbocycles. The van der Waals surface area contributed by atoms with Crippen LogP contribution in [-0.4, -0.2) is 31.5 Å². The predicted octanol–water partition coefficient (Wildman–Crippen LogP) is 5.48. The van der Waals surface area contributed by atoms with Gasteiger partial charge in [0.2, 0.25) is 0 Å². The lowest BCUT2D eigenvalue weighted by molar-refractivity contribution is 0.0934. The van der Waals surface area contributed by atoms with Crippen molar-refractivity contribution >= 4 is 5.91 Å². The second kappa shape index (κ2) is 10.9. The number of hydrogen-bond donors (Lipinski definition) is 2. The third-order valence-corrected chi connectivity index (χ3v) is 6.12. The molecular weight excluding hydrogens is 476 g/mol. The Bertz CT molecular complexity index is 1440. The molecule has 0 saturated carbocycles. The van der Waals surface area contributed by atoms with E-state index in [1.165, 1.54) is 0 Å². The van der Waals surface area contributed by atoms with Gasteiger partial charge in [0, 0.05) is 42.2 Å². The second-order valence-corrected chi connectivity index (χ2v) is 10.7. The van der Waals surface area contributed by atoms with Crippen LogP contribution in [0.25, 0.3) is 11.3 Å². The van der Waals surface area contributed by atoms with Crippen LogP contribution in [0.2, 0.25) is 0 Å². The average Bonchev–Trinajstić information content (AvgIpc) is 3.54. The zero-order valence-electron chi connectivity index (χ0n) is 22.7. The Labute approximate surface area is 223 Å². The van der Waals surface area contributed by atoms with Gasteiger partial charge in [-0.25, -0.2) is 9.97 Å². The van der Waals surface area contributed by atoms with Crippen LogP contribution >= 0.6 is 0 Å². The number of hydrogen-bond acceptors (Lipinski definition) is 5. The van der Waals surface area contributed by atoms with Crippen LogP contribution in [0, 0.1) is 11.3 Å². The van der Waals surface area contributed by atoms with Gasteiger partial charge in [0.1, 0.15) is 23.5 Å². The number of aromatic amines is 1. The van der Waals surface area contributed by atoms with E-state index in [1.807, 2.05) is 20.9 Å². The first-order valence-corrected chi connectivity index (χ1v) is 12.7. The molecule has 1 amide bonds. The summed E-state index contributed by atoms with van der Waals surface area (Å²) in [6.45, 7) is 10.2. The molecule has 0 radical (unpaired) electrons. The highest BCUT2D eigenvalue weighted by Crippen LogP contribution is 2.27. The average molecular weight is 511 g/mol. The Morgan fingerprint density at radius 2 is 1.92 bits per heavy atom. The third-order valence-electron chi connectivity index (χ3n) is 6.12. The molecule has 0 saturated heterocycles. The van der Waals surface area contributed by atoms with E-state index in [0.29, 0.717) is 29.1 Å². The van der Waals surface area contributed by atoms with E-state index in [4.69, 9.17) is 9.72 Å². The molecule has 2 aromatic carbocycles. The molecule has 0 spiro atoms. The maximum Gasteiger partial charge on any atom is 0.251 e. The van der Waals surface area contributed by atoms with Crippen LogP contribution in [-0.2, 0) is 18.9 Å². The minimum absolute atomic E-state index is 0.0445. The second-order valence-electron chi connectivity index (χ2n) is 10.7. The van der Waals surface area contributed by atoms with Gasteiger partial charge in [-0.15, -0.1) is 0 Å². The van der Waals surface area contributed by atoms with Gasteiger partial charge in [-0.2, -0.15) is 5.26 Å². The number of aromatic nitrogens is 4. The molecule has 2 N–H and O–H groups in total. The standard InChI is InChI=1S/C30H34N6O2/c1-19(2)38-26-12-11-22(16-23(26)17-31)28(37)34-24(27-32-13-14-33-27)15-20-7-9-21(10-8-20)25-18-36(6)29(35-25)30(3,4)5/h7-14,16,18-19,24H,15H2,1-6H3,(H,32,33)(H,34,37)/t24-/m0/s1. The summed E-state index contributed by atoms with van der Waals surface area (Å²) in [5.74, 6) is 1.85. The first-order valence-electron chi connectivity index (χ1n) is 12.7. The summed E-state index contributed by atoms with van der Waals surface area (Å²) in [5.41, 5.74) is 3.66. The molecule has 196 valence electrons. The fourth-order valence-corrected chi connectivity index (χ4v) is 4.39. The Hall–Kier alpha value is -4.38. The Morgan fingerprint density at radius 1 is 1.18 bits per heavy atom. The molecule has 0 unspecified atom stereocenters. The van der Waals surface area contributed by atoms with Crippen LogP contribution in [0.5, 0.6) is 5.75 Å². The van der Waals surface area contributed by atoms with E-state index in [-0.39, 0.29) is 23.5 Å². The molecule has 8 heteroatoms. The summed E-state index contributed by atoms with van der Waals surface area (Å²) >= 11 is 0. The molecule has 0 bridgehead atoms. The molecule has 2 heterocycles. The number of amides is 1. The number of nitrogens with zero attached hydrogens (tertiary/aromatic N) is 4. The normalized spacial score (nSPS) is 12.3. The number of carbonyl (C=O) groups excluding carboxylic acids is 1.